The second-order valence-electron chi connectivity index (χ2n) is 4.74. The molecule has 3 aromatic heterocycles. The molecule has 0 aliphatic heterocycles. The molecule has 0 fully saturated rings. The summed E-state index contributed by atoms with van der Waals surface area (Å²) >= 11 is 1.80. The monoisotopic (exact) mass is 298 g/mol. The van der Waals surface area contributed by atoms with Gasteiger partial charge < -0.3 is 0 Å². The molecule has 0 amide bonds. The van der Waals surface area contributed by atoms with Gasteiger partial charge in [0.15, 0.2) is 0 Å². The third-order valence-electron chi connectivity index (χ3n) is 2.48. The summed E-state index contributed by atoms with van der Waals surface area (Å²) in [4.78, 5) is 9.26. The van der Waals surface area contributed by atoms with Crippen LogP contribution in [0.2, 0.25) is 0 Å². The fraction of sp³-hybridized carbons (Fsp3) is 0.222. The van der Waals surface area contributed by atoms with Crippen molar-refractivity contribution < 1.29 is 0 Å². The maximum atomic E-state index is 3.98. The predicted octanol–water partition coefficient (Wildman–Crippen LogP) is 5.14. The van der Waals surface area contributed by atoms with E-state index in [1.165, 1.54) is 16.0 Å². The minimum atomic E-state index is 1.07. The Morgan fingerprint density at radius 2 is 1.67 bits per heavy atom. The zero-order valence-corrected chi connectivity index (χ0v) is 13.9. The number of nitrogens with zero attached hydrogens (tertiary/aromatic N) is 2. The van der Waals surface area contributed by atoms with Gasteiger partial charge in [0.05, 0.1) is 0 Å². The average Bonchev–Trinajstić information content (AvgIpc) is 2.85. The Hall–Kier alpha value is -2.00. The summed E-state index contributed by atoms with van der Waals surface area (Å²) < 4.78 is 0. The highest BCUT2D eigenvalue weighted by Crippen LogP contribution is 2.10. The van der Waals surface area contributed by atoms with E-state index >= 15 is 0 Å². The van der Waals surface area contributed by atoms with Crippen molar-refractivity contribution in [3.63, 3.8) is 0 Å². The van der Waals surface area contributed by atoms with Gasteiger partial charge in [0.1, 0.15) is 0 Å². The zero-order valence-electron chi connectivity index (χ0n) is 13.1. The lowest BCUT2D eigenvalue weighted by atomic mass is 10.3. The van der Waals surface area contributed by atoms with Crippen molar-refractivity contribution in [1.29, 1.82) is 0 Å². The van der Waals surface area contributed by atoms with E-state index in [2.05, 4.69) is 35.3 Å². The van der Waals surface area contributed by atoms with Gasteiger partial charge >= 0.3 is 0 Å². The highest BCUT2D eigenvalue weighted by Gasteiger charge is 1.84. The summed E-state index contributed by atoms with van der Waals surface area (Å²) in [6.07, 6.45) is 5.39. The van der Waals surface area contributed by atoms with Crippen molar-refractivity contribution in [2.24, 2.45) is 0 Å². The van der Waals surface area contributed by atoms with Crippen LogP contribution in [-0.2, 0) is 0 Å². The molecule has 0 aromatic carbocycles. The van der Waals surface area contributed by atoms with Crippen LogP contribution in [0.15, 0.2) is 60.4 Å². The Balaban J connectivity index is 0.000000157. The predicted molar refractivity (Wildman–Crippen MR) is 91.7 cm³/mol. The van der Waals surface area contributed by atoms with Crippen LogP contribution in [0.3, 0.4) is 0 Å². The Morgan fingerprint density at radius 3 is 1.90 bits per heavy atom. The molecule has 21 heavy (non-hydrogen) atoms. The molecule has 0 saturated carbocycles. The number of pyridine rings is 2. The Labute approximate surface area is 131 Å². The quantitative estimate of drug-likeness (QED) is 0.574. The second kappa shape index (κ2) is 9.83. The number of aromatic nitrogens is 2. The maximum Gasteiger partial charge on any atom is 0.0372 e. The van der Waals surface area contributed by atoms with Crippen molar-refractivity contribution in [2.75, 3.05) is 0 Å². The molecule has 0 spiro atoms. The fourth-order valence-corrected chi connectivity index (χ4v) is 2.16. The first-order valence-electron chi connectivity index (χ1n) is 6.84. The van der Waals surface area contributed by atoms with E-state index in [4.69, 9.17) is 0 Å². The lowest BCUT2D eigenvalue weighted by molar-refractivity contribution is 1.20. The van der Waals surface area contributed by atoms with Crippen molar-refractivity contribution in [3.05, 3.63) is 82.1 Å². The summed E-state index contributed by atoms with van der Waals surface area (Å²) in [6, 6.07) is 12.0. The minimum absolute atomic E-state index is 1.07. The van der Waals surface area contributed by atoms with Gasteiger partial charge in [-0.15, -0.1) is 11.3 Å². The summed E-state index contributed by atoms with van der Waals surface area (Å²) in [6.45, 7) is 8.23. The van der Waals surface area contributed by atoms with Crippen LogP contribution in [0.5, 0.6) is 0 Å². The van der Waals surface area contributed by atoms with E-state index in [0.29, 0.717) is 0 Å². The van der Waals surface area contributed by atoms with Gasteiger partial charge in [-0.2, -0.15) is 0 Å². The molecule has 2 nitrogen and oxygen atoms in total. The van der Waals surface area contributed by atoms with Gasteiger partial charge in [-0.25, -0.2) is 0 Å². The molecule has 3 rings (SSSR count). The van der Waals surface area contributed by atoms with Crippen LogP contribution in [0, 0.1) is 27.7 Å². The molecule has 3 aromatic rings. The third-order valence-corrected chi connectivity index (χ3v) is 3.46. The molecule has 3 heteroatoms. The largest absolute Gasteiger partial charge is 0.264 e. The third kappa shape index (κ3) is 8.71. The molecule has 0 aliphatic carbocycles. The Bertz CT molecular complexity index is 549. The molecule has 3 heterocycles. The smallest absolute Gasteiger partial charge is 0.0372 e. The number of thiophene rings is 1. The first kappa shape index (κ1) is 17.1. The van der Waals surface area contributed by atoms with Gasteiger partial charge in [-0.3, -0.25) is 9.97 Å². The SMILES string of the molecule is Cc1ccccn1.Cc1cccnc1.Cc1csc(C)c1. The molecule has 0 unspecified atom stereocenters. The molecule has 0 radical (unpaired) electrons. The van der Waals surface area contributed by atoms with Crippen LogP contribution in [0.4, 0.5) is 0 Å². The summed E-state index contributed by atoms with van der Waals surface area (Å²) in [5.41, 5.74) is 3.66. The van der Waals surface area contributed by atoms with Crippen LogP contribution < -0.4 is 0 Å². The minimum Gasteiger partial charge on any atom is -0.264 e. The standard InChI is InChI=1S/2C6H7N.C6H8S/c1-6-3-2-4-7-5-6;1-6-4-2-3-5-7-6;1-5-3-6(2)7-4-5/h2*2-5H,1H3;3-4H,1-2H3. The summed E-state index contributed by atoms with van der Waals surface area (Å²) in [5.74, 6) is 0. The molecule has 0 N–H and O–H groups in total. The number of aryl methyl sites for hydroxylation is 4. The van der Waals surface area contributed by atoms with Crippen LogP contribution in [0.1, 0.15) is 21.7 Å². The van der Waals surface area contributed by atoms with Gasteiger partial charge in [0.25, 0.3) is 0 Å². The molecule has 0 atom stereocenters. The zero-order chi connectivity index (χ0) is 15.5. The average molecular weight is 298 g/mol. The van der Waals surface area contributed by atoms with Crippen LogP contribution >= 0.6 is 11.3 Å². The van der Waals surface area contributed by atoms with Crippen molar-refractivity contribution in [1.82, 2.24) is 9.97 Å². The first-order chi connectivity index (χ1) is 10.1. The van der Waals surface area contributed by atoms with E-state index in [9.17, 15) is 0 Å². The highest BCUT2D eigenvalue weighted by atomic mass is 32.1. The van der Waals surface area contributed by atoms with Gasteiger partial charge in [0, 0.05) is 29.2 Å². The van der Waals surface area contributed by atoms with E-state index < -0.39 is 0 Å². The Kier molecular flexibility index (Phi) is 7.99. The van der Waals surface area contributed by atoms with E-state index in [1.54, 1.807) is 23.7 Å². The molecule has 0 bridgehead atoms. The van der Waals surface area contributed by atoms with Crippen molar-refractivity contribution >= 4 is 11.3 Å². The van der Waals surface area contributed by atoms with Gasteiger partial charge in [-0.05, 0) is 68.5 Å². The maximum absolute atomic E-state index is 3.98. The summed E-state index contributed by atoms with van der Waals surface area (Å²) in [5, 5.41) is 2.16. The van der Waals surface area contributed by atoms with Gasteiger partial charge in [0.2, 0.25) is 0 Å². The molecule has 110 valence electrons. The van der Waals surface area contributed by atoms with E-state index in [-0.39, 0.29) is 0 Å². The number of rotatable bonds is 0. The normalized spacial score (nSPS) is 8.95. The van der Waals surface area contributed by atoms with E-state index in [0.717, 1.165) is 5.69 Å². The first-order valence-corrected chi connectivity index (χ1v) is 7.72. The second-order valence-corrected chi connectivity index (χ2v) is 5.85. The topological polar surface area (TPSA) is 25.8 Å². The Morgan fingerprint density at radius 1 is 0.857 bits per heavy atom. The molecular weight excluding hydrogens is 276 g/mol. The fourth-order valence-electron chi connectivity index (χ4n) is 1.47. The van der Waals surface area contributed by atoms with Gasteiger partial charge in [-0.1, -0.05) is 12.1 Å². The van der Waals surface area contributed by atoms with Crippen molar-refractivity contribution in [3.8, 4) is 0 Å². The molecular formula is C18H22N2S. The molecule has 0 saturated heterocycles. The number of hydrogen-bond acceptors (Lipinski definition) is 3. The lowest BCUT2D eigenvalue weighted by Gasteiger charge is -1.82. The lowest BCUT2D eigenvalue weighted by Crippen LogP contribution is -1.72. The highest BCUT2D eigenvalue weighted by molar-refractivity contribution is 7.10. The van der Waals surface area contributed by atoms with Crippen molar-refractivity contribution in [2.45, 2.75) is 27.7 Å². The number of hydrogen-bond donors (Lipinski definition) is 0. The van der Waals surface area contributed by atoms with Crippen LogP contribution in [-0.4, -0.2) is 9.97 Å². The molecule has 0 aliphatic rings. The van der Waals surface area contributed by atoms with Crippen LogP contribution in [0.25, 0.3) is 0 Å². The summed E-state index contributed by atoms with van der Waals surface area (Å²) in [7, 11) is 0. The van der Waals surface area contributed by atoms with E-state index in [1.807, 2.05) is 50.4 Å².